The summed E-state index contributed by atoms with van der Waals surface area (Å²) in [6.07, 6.45) is 2.44. The van der Waals surface area contributed by atoms with Crippen LogP contribution in [0.2, 0.25) is 0 Å². The van der Waals surface area contributed by atoms with Crippen LogP contribution in [0.3, 0.4) is 0 Å². The van der Waals surface area contributed by atoms with E-state index < -0.39 is 0 Å². The summed E-state index contributed by atoms with van der Waals surface area (Å²) in [5.74, 6) is 0.760. The molecule has 2 nitrogen and oxygen atoms in total. The van der Waals surface area contributed by atoms with Gasteiger partial charge in [0.25, 0.3) is 0 Å². The molecule has 0 amide bonds. The van der Waals surface area contributed by atoms with Gasteiger partial charge in [-0.25, -0.2) is 0 Å². The minimum atomic E-state index is 0.483. The van der Waals surface area contributed by atoms with Crippen LogP contribution in [0.1, 0.15) is 39.2 Å². The smallest absolute Gasteiger partial charge is 0.0490 e. The molecule has 17 heavy (non-hydrogen) atoms. The fraction of sp³-hybridized carbons (Fsp3) is 0.571. The third-order valence-corrected chi connectivity index (χ3v) is 3.59. The second-order valence-electron chi connectivity index (χ2n) is 5.21. The lowest BCUT2D eigenvalue weighted by molar-refractivity contribution is 0.527. The first-order valence-corrected chi connectivity index (χ1v) is 7.01. The Morgan fingerprint density at radius 3 is 2.47 bits per heavy atom. The van der Waals surface area contributed by atoms with Gasteiger partial charge < -0.3 is 11.1 Å². The van der Waals surface area contributed by atoms with Crippen molar-refractivity contribution in [2.45, 2.75) is 46.6 Å². The maximum Gasteiger partial charge on any atom is 0.0490 e. The highest BCUT2D eigenvalue weighted by Gasteiger charge is 2.08. The molecule has 0 bridgehead atoms. The van der Waals surface area contributed by atoms with Gasteiger partial charge in [0.2, 0.25) is 0 Å². The maximum absolute atomic E-state index is 5.86. The zero-order chi connectivity index (χ0) is 13.0. The summed E-state index contributed by atoms with van der Waals surface area (Å²) in [4.78, 5) is 0. The number of benzene rings is 1. The van der Waals surface area contributed by atoms with Gasteiger partial charge in [-0.2, -0.15) is 0 Å². The summed E-state index contributed by atoms with van der Waals surface area (Å²) in [7, 11) is 0. The Balaban J connectivity index is 2.65. The standard InChI is InChI=1S/C14H23BrN2/c1-9(2)5-6-11(4)17-14-7-10(3)13(16)8-12(14)15/h7-9,11,17H,5-6,16H2,1-4H3. The van der Waals surface area contributed by atoms with Crippen LogP contribution >= 0.6 is 15.9 Å². The number of nitrogen functional groups attached to an aromatic ring is 1. The van der Waals surface area contributed by atoms with E-state index in [0.29, 0.717) is 6.04 Å². The van der Waals surface area contributed by atoms with Crippen LogP contribution in [0.4, 0.5) is 11.4 Å². The van der Waals surface area contributed by atoms with E-state index in [4.69, 9.17) is 5.73 Å². The first kappa shape index (κ1) is 14.4. The van der Waals surface area contributed by atoms with E-state index in [1.807, 2.05) is 13.0 Å². The van der Waals surface area contributed by atoms with Crippen molar-refractivity contribution < 1.29 is 0 Å². The molecule has 3 heteroatoms. The van der Waals surface area contributed by atoms with Crippen molar-refractivity contribution in [3.63, 3.8) is 0 Å². The summed E-state index contributed by atoms with van der Waals surface area (Å²) < 4.78 is 1.04. The molecule has 0 heterocycles. The Bertz CT molecular complexity index is 375. The first-order valence-electron chi connectivity index (χ1n) is 6.22. The highest BCUT2D eigenvalue weighted by atomic mass is 79.9. The molecule has 0 saturated carbocycles. The van der Waals surface area contributed by atoms with Crippen molar-refractivity contribution >= 4 is 27.3 Å². The summed E-state index contributed by atoms with van der Waals surface area (Å²) in [6.45, 7) is 8.78. The predicted molar refractivity (Wildman–Crippen MR) is 80.4 cm³/mol. The molecule has 1 atom stereocenters. The van der Waals surface area contributed by atoms with E-state index in [-0.39, 0.29) is 0 Å². The number of hydrogen-bond acceptors (Lipinski definition) is 2. The number of rotatable bonds is 5. The molecule has 0 saturated heterocycles. The first-order chi connectivity index (χ1) is 7.90. The lowest BCUT2D eigenvalue weighted by atomic mass is 10.0. The molecule has 0 aromatic heterocycles. The van der Waals surface area contributed by atoms with E-state index in [9.17, 15) is 0 Å². The molecule has 0 radical (unpaired) electrons. The Morgan fingerprint density at radius 1 is 1.24 bits per heavy atom. The third-order valence-electron chi connectivity index (χ3n) is 2.93. The normalized spacial score (nSPS) is 12.8. The number of nitrogens with one attached hydrogen (secondary N) is 1. The number of halogens is 1. The van der Waals surface area contributed by atoms with Gasteiger partial charge in [-0.1, -0.05) is 13.8 Å². The molecule has 1 rings (SSSR count). The molecule has 1 unspecified atom stereocenters. The van der Waals surface area contributed by atoms with Gasteiger partial charge >= 0.3 is 0 Å². The molecule has 0 aliphatic carbocycles. The molecule has 3 N–H and O–H groups in total. The molecule has 0 fully saturated rings. The Labute approximate surface area is 113 Å². The summed E-state index contributed by atoms with van der Waals surface area (Å²) in [5, 5.41) is 3.53. The molecule has 96 valence electrons. The van der Waals surface area contributed by atoms with Crippen molar-refractivity contribution in [3.8, 4) is 0 Å². The highest BCUT2D eigenvalue weighted by molar-refractivity contribution is 9.10. The molecule has 0 aliphatic rings. The van der Waals surface area contributed by atoms with Gasteiger partial charge in [0.15, 0.2) is 0 Å². The number of anilines is 2. The van der Waals surface area contributed by atoms with Gasteiger partial charge in [0.05, 0.1) is 0 Å². The van der Waals surface area contributed by atoms with E-state index in [2.05, 4.69) is 48.1 Å². The Hall–Kier alpha value is -0.700. The van der Waals surface area contributed by atoms with Crippen molar-refractivity contribution in [2.75, 3.05) is 11.1 Å². The lowest BCUT2D eigenvalue weighted by Gasteiger charge is -2.18. The van der Waals surface area contributed by atoms with Crippen LogP contribution in [0.5, 0.6) is 0 Å². The van der Waals surface area contributed by atoms with Gasteiger partial charge in [0, 0.05) is 21.9 Å². The van der Waals surface area contributed by atoms with E-state index in [1.54, 1.807) is 0 Å². The molecule has 0 spiro atoms. The number of aryl methyl sites for hydroxylation is 1. The fourth-order valence-corrected chi connectivity index (χ4v) is 2.20. The van der Waals surface area contributed by atoms with Gasteiger partial charge in [-0.05, 0) is 66.2 Å². The van der Waals surface area contributed by atoms with E-state index in [1.165, 1.54) is 12.8 Å². The van der Waals surface area contributed by atoms with Crippen LogP contribution in [0.25, 0.3) is 0 Å². The number of hydrogen-bond donors (Lipinski definition) is 2. The Kier molecular flexibility index (Phi) is 5.31. The monoisotopic (exact) mass is 298 g/mol. The fourth-order valence-electron chi connectivity index (χ4n) is 1.73. The zero-order valence-electron chi connectivity index (χ0n) is 11.2. The van der Waals surface area contributed by atoms with Crippen LogP contribution in [-0.2, 0) is 0 Å². The quantitative estimate of drug-likeness (QED) is 0.781. The molecule has 0 aliphatic heterocycles. The molecular formula is C14H23BrN2. The maximum atomic E-state index is 5.86. The van der Waals surface area contributed by atoms with Crippen molar-refractivity contribution in [3.05, 3.63) is 22.2 Å². The highest BCUT2D eigenvalue weighted by Crippen LogP contribution is 2.28. The average Bonchev–Trinajstić information content (AvgIpc) is 2.23. The zero-order valence-corrected chi connectivity index (χ0v) is 12.8. The van der Waals surface area contributed by atoms with Crippen molar-refractivity contribution in [2.24, 2.45) is 5.92 Å². The van der Waals surface area contributed by atoms with Crippen LogP contribution in [0.15, 0.2) is 16.6 Å². The van der Waals surface area contributed by atoms with Crippen LogP contribution in [-0.4, -0.2) is 6.04 Å². The van der Waals surface area contributed by atoms with Gasteiger partial charge in [0.1, 0.15) is 0 Å². The van der Waals surface area contributed by atoms with E-state index >= 15 is 0 Å². The second kappa shape index (κ2) is 6.29. The molecule has 1 aromatic rings. The second-order valence-corrected chi connectivity index (χ2v) is 6.06. The average molecular weight is 299 g/mol. The van der Waals surface area contributed by atoms with Gasteiger partial charge in [-0.15, -0.1) is 0 Å². The molecular weight excluding hydrogens is 276 g/mol. The van der Waals surface area contributed by atoms with Crippen LogP contribution in [0, 0.1) is 12.8 Å². The van der Waals surface area contributed by atoms with Crippen LogP contribution < -0.4 is 11.1 Å². The molecule has 1 aromatic carbocycles. The minimum Gasteiger partial charge on any atom is -0.398 e. The van der Waals surface area contributed by atoms with E-state index in [0.717, 1.165) is 27.3 Å². The SMILES string of the molecule is Cc1cc(NC(C)CCC(C)C)c(Br)cc1N. The predicted octanol–water partition coefficient (Wildman–Crippen LogP) is 4.58. The lowest BCUT2D eigenvalue weighted by Crippen LogP contribution is -2.16. The third kappa shape index (κ3) is 4.58. The number of nitrogens with two attached hydrogens (primary N) is 1. The van der Waals surface area contributed by atoms with Gasteiger partial charge in [-0.3, -0.25) is 0 Å². The summed E-state index contributed by atoms with van der Waals surface area (Å²) in [5.41, 5.74) is 8.94. The summed E-state index contributed by atoms with van der Waals surface area (Å²) in [6, 6.07) is 4.55. The van der Waals surface area contributed by atoms with Crippen molar-refractivity contribution in [1.29, 1.82) is 0 Å². The largest absolute Gasteiger partial charge is 0.398 e. The topological polar surface area (TPSA) is 38.0 Å². The minimum absolute atomic E-state index is 0.483. The Morgan fingerprint density at radius 2 is 1.88 bits per heavy atom. The summed E-state index contributed by atoms with van der Waals surface area (Å²) >= 11 is 3.55. The van der Waals surface area contributed by atoms with Crippen molar-refractivity contribution in [1.82, 2.24) is 0 Å².